The highest BCUT2D eigenvalue weighted by Crippen LogP contribution is 2.43. The maximum Gasteiger partial charge on any atom is 0.139 e. The molecule has 0 saturated carbocycles. The van der Waals surface area contributed by atoms with Gasteiger partial charge in [-0.2, -0.15) is 0 Å². The quantitative estimate of drug-likeness (QED) is 0.727. The van der Waals surface area contributed by atoms with Gasteiger partial charge in [-0.3, -0.25) is 0 Å². The molecule has 3 aliphatic heterocycles. The number of rotatable bonds is 3. The fourth-order valence-electron chi connectivity index (χ4n) is 5.21. The molecule has 3 heterocycles. The molecule has 0 amide bonds. The van der Waals surface area contributed by atoms with Crippen molar-refractivity contribution in [1.82, 2.24) is 0 Å². The normalized spacial score (nSPS) is 37.8. The lowest BCUT2D eigenvalue weighted by atomic mass is 9.68. The largest absolute Gasteiger partial charge is 0.375 e. The van der Waals surface area contributed by atoms with Crippen molar-refractivity contribution in [2.24, 2.45) is 5.41 Å². The molecule has 2 N–H and O–H groups in total. The van der Waals surface area contributed by atoms with Gasteiger partial charge in [-0.25, -0.2) is 0 Å². The van der Waals surface area contributed by atoms with Gasteiger partial charge in [0.15, 0.2) is 0 Å². The molecule has 3 saturated heterocycles. The smallest absolute Gasteiger partial charge is 0.139 e. The molecule has 1 unspecified atom stereocenters. The number of hydrogen-bond donors (Lipinski definition) is 2. The van der Waals surface area contributed by atoms with Crippen LogP contribution in [-0.2, 0) is 4.74 Å². The summed E-state index contributed by atoms with van der Waals surface area (Å²) >= 11 is 0. The zero-order valence-corrected chi connectivity index (χ0v) is 16.0. The number of nitrogens with one attached hydrogen (secondary N) is 2. The van der Waals surface area contributed by atoms with Crippen molar-refractivity contribution >= 4 is 0 Å². The van der Waals surface area contributed by atoms with Crippen LogP contribution >= 0.6 is 0 Å². The van der Waals surface area contributed by atoms with E-state index in [1.165, 1.54) is 71.1 Å². The summed E-state index contributed by atoms with van der Waals surface area (Å²) in [5.74, 6) is 7.01. The van der Waals surface area contributed by atoms with Crippen LogP contribution in [0.1, 0.15) is 65.2 Å². The van der Waals surface area contributed by atoms with Gasteiger partial charge < -0.3 is 14.5 Å². The van der Waals surface area contributed by atoms with Gasteiger partial charge in [0.1, 0.15) is 13.1 Å². The van der Waals surface area contributed by atoms with Crippen LogP contribution in [0, 0.1) is 17.3 Å². The Morgan fingerprint density at radius 1 is 0.917 bits per heavy atom. The Morgan fingerprint density at radius 2 is 1.62 bits per heavy atom. The first-order chi connectivity index (χ1) is 11.6. The fraction of sp³-hybridized carbons (Fsp3) is 0.905. The average molecular weight is 335 g/mol. The second-order valence-electron chi connectivity index (χ2n) is 8.88. The Bertz CT molecular complexity index is 458. The van der Waals surface area contributed by atoms with Crippen LogP contribution < -0.4 is 9.80 Å². The first-order valence-corrected chi connectivity index (χ1v) is 10.4. The molecule has 3 heteroatoms. The van der Waals surface area contributed by atoms with Crippen LogP contribution in [-0.4, -0.2) is 51.5 Å². The minimum absolute atomic E-state index is 0.115. The summed E-state index contributed by atoms with van der Waals surface area (Å²) in [5, 5.41) is 0. The number of likely N-dealkylation sites (tertiary alicyclic amines) is 2. The third kappa shape index (κ3) is 4.75. The van der Waals surface area contributed by atoms with Gasteiger partial charge in [-0.1, -0.05) is 6.92 Å². The molecular weight excluding hydrogens is 296 g/mol. The number of hydrogen-bond acceptors (Lipinski definition) is 1. The van der Waals surface area contributed by atoms with E-state index in [4.69, 9.17) is 4.74 Å². The summed E-state index contributed by atoms with van der Waals surface area (Å²) in [6.45, 7) is 13.0. The zero-order chi connectivity index (χ0) is 16.9. The molecule has 3 aliphatic rings. The van der Waals surface area contributed by atoms with Crippen LogP contribution in [0.2, 0.25) is 0 Å². The third-order valence-electron chi connectivity index (χ3n) is 6.80. The highest BCUT2D eigenvalue weighted by atomic mass is 16.5. The summed E-state index contributed by atoms with van der Waals surface area (Å²) in [6.07, 6.45) is 10.7. The minimum Gasteiger partial charge on any atom is -0.375 e. The average Bonchev–Trinajstić information content (AvgIpc) is 2.60. The lowest BCUT2D eigenvalue weighted by molar-refractivity contribution is -0.906. The van der Waals surface area contributed by atoms with Crippen molar-refractivity contribution < 1.29 is 14.5 Å². The Balaban J connectivity index is 1.49. The summed E-state index contributed by atoms with van der Waals surface area (Å²) in [4.78, 5) is 3.43. The van der Waals surface area contributed by atoms with E-state index in [1.54, 1.807) is 9.80 Å². The van der Waals surface area contributed by atoms with Gasteiger partial charge >= 0.3 is 0 Å². The molecule has 0 aromatic heterocycles. The molecule has 0 aromatic carbocycles. The Kier molecular flexibility index (Phi) is 6.24. The molecule has 1 spiro atoms. The molecule has 3 rings (SSSR count). The molecule has 0 aromatic rings. The molecule has 0 radical (unpaired) electrons. The fourth-order valence-corrected chi connectivity index (χ4v) is 5.21. The van der Waals surface area contributed by atoms with E-state index in [9.17, 15) is 0 Å². The zero-order valence-electron chi connectivity index (χ0n) is 16.0. The second-order valence-corrected chi connectivity index (χ2v) is 8.88. The molecule has 3 fully saturated rings. The van der Waals surface area contributed by atoms with Gasteiger partial charge in [-0.15, -0.1) is 0 Å². The standard InChI is InChI=1S/C21H36N2O/c1-3-20(2)18-21(11-17-24-20)10-9-16-23(19-21)15-8-7-14-22-12-5-4-6-13-22/h3-6,9-19H2,1-2H3/p+2/t20-,21-/m1/s1. The van der Waals surface area contributed by atoms with Crippen LogP contribution in [0.25, 0.3) is 0 Å². The Morgan fingerprint density at radius 3 is 2.38 bits per heavy atom. The van der Waals surface area contributed by atoms with E-state index in [0.29, 0.717) is 5.41 Å². The van der Waals surface area contributed by atoms with Crippen molar-refractivity contribution in [1.29, 1.82) is 0 Å². The SMILES string of the molecule is CC[C@]1(C)C[C@@]2(CCC[NH+](CC#CC[NH+]3CCCCC3)C2)CCO1. The van der Waals surface area contributed by atoms with Gasteiger partial charge in [0.25, 0.3) is 0 Å². The van der Waals surface area contributed by atoms with Crippen molar-refractivity contribution in [3.8, 4) is 11.8 Å². The Labute approximate surface area is 149 Å². The van der Waals surface area contributed by atoms with Crippen LogP contribution in [0.4, 0.5) is 0 Å². The monoisotopic (exact) mass is 334 g/mol. The van der Waals surface area contributed by atoms with E-state index in [2.05, 4.69) is 25.7 Å². The molecule has 0 bridgehead atoms. The van der Waals surface area contributed by atoms with Crippen LogP contribution in [0.15, 0.2) is 0 Å². The van der Waals surface area contributed by atoms with E-state index in [0.717, 1.165) is 26.1 Å². The third-order valence-corrected chi connectivity index (χ3v) is 6.80. The molecular formula is C21H38N2O+2. The summed E-state index contributed by atoms with van der Waals surface area (Å²) in [5.41, 5.74) is 0.639. The van der Waals surface area contributed by atoms with Crippen LogP contribution in [0.3, 0.4) is 0 Å². The van der Waals surface area contributed by atoms with Gasteiger partial charge in [0.2, 0.25) is 0 Å². The predicted octanol–water partition coefficient (Wildman–Crippen LogP) is 0.703. The maximum atomic E-state index is 6.10. The minimum atomic E-state index is 0.115. The number of ether oxygens (including phenoxy) is 1. The lowest BCUT2D eigenvalue weighted by Crippen LogP contribution is -3.14. The molecule has 24 heavy (non-hydrogen) atoms. The molecule has 0 aliphatic carbocycles. The second kappa shape index (κ2) is 8.21. The lowest BCUT2D eigenvalue weighted by Gasteiger charge is -2.48. The van der Waals surface area contributed by atoms with Gasteiger partial charge in [0, 0.05) is 12.0 Å². The van der Waals surface area contributed by atoms with Crippen molar-refractivity contribution in [2.75, 3.05) is 45.9 Å². The highest BCUT2D eigenvalue weighted by Gasteiger charge is 2.46. The Hall–Kier alpha value is -0.560. The highest BCUT2D eigenvalue weighted by molar-refractivity contribution is 4.99. The van der Waals surface area contributed by atoms with Crippen molar-refractivity contribution in [3.63, 3.8) is 0 Å². The van der Waals surface area contributed by atoms with Crippen molar-refractivity contribution in [2.45, 2.75) is 70.8 Å². The topological polar surface area (TPSA) is 18.1 Å². The summed E-state index contributed by atoms with van der Waals surface area (Å²) < 4.78 is 6.10. The molecule has 3 nitrogen and oxygen atoms in total. The molecule has 136 valence electrons. The molecule has 3 atom stereocenters. The van der Waals surface area contributed by atoms with Gasteiger partial charge in [-0.05, 0) is 70.1 Å². The van der Waals surface area contributed by atoms with E-state index in [1.807, 2.05) is 0 Å². The first-order valence-electron chi connectivity index (χ1n) is 10.4. The van der Waals surface area contributed by atoms with E-state index in [-0.39, 0.29) is 5.60 Å². The van der Waals surface area contributed by atoms with E-state index >= 15 is 0 Å². The van der Waals surface area contributed by atoms with Crippen molar-refractivity contribution in [3.05, 3.63) is 0 Å². The van der Waals surface area contributed by atoms with E-state index < -0.39 is 0 Å². The summed E-state index contributed by atoms with van der Waals surface area (Å²) in [6, 6.07) is 0. The maximum absolute atomic E-state index is 6.10. The van der Waals surface area contributed by atoms with Gasteiger partial charge in [0.05, 0.1) is 31.8 Å². The van der Waals surface area contributed by atoms with Crippen LogP contribution in [0.5, 0.6) is 0 Å². The number of quaternary nitrogens is 2. The first kappa shape index (κ1) is 18.2. The number of piperidine rings is 2. The predicted molar refractivity (Wildman–Crippen MR) is 98.3 cm³/mol. The summed E-state index contributed by atoms with van der Waals surface area (Å²) in [7, 11) is 0.